The van der Waals surface area contributed by atoms with Crippen LogP contribution in [0.15, 0.2) is 22.7 Å². The van der Waals surface area contributed by atoms with Crippen LogP contribution >= 0.6 is 15.9 Å². The van der Waals surface area contributed by atoms with Gasteiger partial charge in [-0.25, -0.2) is 0 Å². The van der Waals surface area contributed by atoms with E-state index in [-0.39, 0.29) is 24.4 Å². The van der Waals surface area contributed by atoms with Crippen LogP contribution in [0, 0.1) is 0 Å². The molecule has 1 rings (SSSR count). The molecule has 0 spiro atoms. The number of anilines is 1. The van der Waals surface area contributed by atoms with Crippen molar-refractivity contribution in [2.75, 3.05) is 18.5 Å². The van der Waals surface area contributed by atoms with Gasteiger partial charge in [0, 0.05) is 16.7 Å². The Bertz CT molecular complexity index is 472. The van der Waals surface area contributed by atoms with Crippen LogP contribution in [0.5, 0.6) is 0 Å². The molecule has 1 atom stereocenters. The third-order valence-electron chi connectivity index (χ3n) is 2.48. The number of ether oxygens (including phenoxy) is 1. The average Bonchev–Trinajstić information content (AvgIpc) is 2.31. The van der Waals surface area contributed by atoms with Crippen molar-refractivity contribution in [3.63, 3.8) is 0 Å². The predicted molar refractivity (Wildman–Crippen MR) is 79.3 cm³/mol. The maximum atomic E-state index is 12.7. The summed E-state index contributed by atoms with van der Waals surface area (Å²) in [6.07, 6.45) is -5.22. The summed E-state index contributed by atoms with van der Waals surface area (Å²) in [5.41, 5.74) is -0.841. The number of aliphatic hydroxyl groups excluding tert-OH is 1. The second-order valence-corrected chi connectivity index (χ2v) is 6.60. The lowest BCUT2D eigenvalue weighted by molar-refractivity contribution is -0.137. The molecule has 1 aromatic rings. The summed E-state index contributed by atoms with van der Waals surface area (Å²) in [6.45, 7) is 5.78. The molecule has 0 saturated heterocycles. The molecule has 1 aromatic carbocycles. The Morgan fingerprint density at radius 3 is 2.38 bits per heavy atom. The normalized spacial score (nSPS) is 14.1. The third kappa shape index (κ3) is 7.15. The summed E-state index contributed by atoms with van der Waals surface area (Å²) in [6, 6.07) is 3.53. The number of halogens is 4. The first-order valence-electron chi connectivity index (χ1n) is 6.41. The molecule has 0 aliphatic carbocycles. The third-order valence-corrected chi connectivity index (χ3v) is 2.93. The van der Waals surface area contributed by atoms with Gasteiger partial charge < -0.3 is 15.2 Å². The number of benzene rings is 1. The largest absolute Gasteiger partial charge is 0.416 e. The van der Waals surface area contributed by atoms with Crippen molar-refractivity contribution in [2.45, 2.75) is 38.7 Å². The van der Waals surface area contributed by atoms with E-state index in [1.165, 1.54) is 6.07 Å². The van der Waals surface area contributed by atoms with E-state index in [1.807, 2.05) is 20.8 Å². The molecule has 0 fully saturated rings. The van der Waals surface area contributed by atoms with Crippen molar-refractivity contribution in [3.05, 3.63) is 28.2 Å². The van der Waals surface area contributed by atoms with E-state index >= 15 is 0 Å². The van der Waals surface area contributed by atoms with Crippen molar-refractivity contribution < 1.29 is 23.0 Å². The first kappa shape index (κ1) is 18.3. The van der Waals surface area contributed by atoms with Gasteiger partial charge in [-0.15, -0.1) is 0 Å². The van der Waals surface area contributed by atoms with Crippen LogP contribution in [-0.4, -0.2) is 30.0 Å². The van der Waals surface area contributed by atoms with E-state index in [0.717, 1.165) is 12.1 Å². The van der Waals surface area contributed by atoms with Crippen molar-refractivity contribution in [1.29, 1.82) is 0 Å². The van der Waals surface area contributed by atoms with Gasteiger partial charge in [0.1, 0.15) is 0 Å². The quantitative estimate of drug-likeness (QED) is 0.822. The summed E-state index contributed by atoms with van der Waals surface area (Å²) in [7, 11) is 0. The van der Waals surface area contributed by atoms with Crippen LogP contribution in [0.2, 0.25) is 0 Å². The van der Waals surface area contributed by atoms with Gasteiger partial charge >= 0.3 is 6.18 Å². The summed E-state index contributed by atoms with van der Waals surface area (Å²) in [5, 5.41) is 12.5. The highest BCUT2D eigenvalue weighted by Gasteiger charge is 2.31. The number of alkyl halides is 3. The van der Waals surface area contributed by atoms with Crippen molar-refractivity contribution in [1.82, 2.24) is 0 Å². The molecule has 120 valence electrons. The Hall–Kier alpha value is -0.790. The highest BCUT2D eigenvalue weighted by atomic mass is 79.9. The maximum Gasteiger partial charge on any atom is 0.416 e. The van der Waals surface area contributed by atoms with Crippen LogP contribution < -0.4 is 5.32 Å². The average molecular weight is 370 g/mol. The summed E-state index contributed by atoms with van der Waals surface area (Å²) in [4.78, 5) is 0. The molecule has 0 heterocycles. The van der Waals surface area contributed by atoms with Crippen LogP contribution in [0.1, 0.15) is 26.3 Å². The van der Waals surface area contributed by atoms with Crippen LogP contribution in [-0.2, 0) is 10.9 Å². The standard InChI is InChI=1S/C14H19BrF3NO2/c1-13(2,3)21-8-12(20)7-19-11-5-9(14(16,17)18)4-10(15)6-11/h4-6,12,19-20H,7-8H2,1-3H3. The zero-order valence-corrected chi connectivity index (χ0v) is 13.7. The number of aliphatic hydroxyl groups is 1. The molecular formula is C14H19BrF3NO2. The van der Waals surface area contributed by atoms with Gasteiger partial charge in [0.2, 0.25) is 0 Å². The zero-order valence-electron chi connectivity index (χ0n) is 12.1. The van der Waals surface area contributed by atoms with Crippen LogP contribution in [0.4, 0.5) is 18.9 Å². The minimum atomic E-state index is -4.41. The Labute approximate surface area is 130 Å². The minimum absolute atomic E-state index is 0.101. The SMILES string of the molecule is CC(C)(C)OCC(O)CNc1cc(Br)cc(C(F)(F)F)c1. The molecule has 3 nitrogen and oxygen atoms in total. The molecule has 0 amide bonds. The lowest BCUT2D eigenvalue weighted by atomic mass is 10.2. The first-order chi connectivity index (χ1) is 9.47. The molecule has 0 aliphatic rings. The Morgan fingerprint density at radius 2 is 1.86 bits per heavy atom. The molecule has 0 bridgehead atoms. The summed E-state index contributed by atoms with van der Waals surface area (Å²) < 4.78 is 43.8. The van der Waals surface area contributed by atoms with E-state index < -0.39 is 17.8 Å². The van der Waals surface area contributed by atoms with E-state index in [4.69, 9.17) is 4.74 Å². The van der Waals surface area contributed by atoms with Gasteiger partial charge in [0.05, 0.1) is 23.9 Å². The predicted octanol–water partition coefficient (Wildman–Crippen LogP) is 4.06. The second kappa shape index (κ2) is 6.98. The lowest BCUT2D eigenvalue weighted by Crippen LogP contribution is -2.30. The Balaban J connectivity index is 2.61. The lowest BCUT2D eigenvalue weighted by Gasteiger charge is -2.22. The highest BCUT2D eigenvalue weighted by molar-refractivity contribution is 9.10. The van der Waals surface area contributed by atoms with Gasteiger partial charge in [0.25, 0.3) is 0 Å². The summed E-state index contributed by atoms with van der Waals surface area (Å²) in [5.74, 6) is 0. The van der Waals surface area contributed by atoms with E-state index in [0.29, 0.717) is 4.47 Å². The Morgan fingerprint density at radius 1 is 1.24 bits per heavy atom. The number of hydrogen-bond donors (Lipinski definition) is 2. The fourth-order valence-electron chi connectivity index (χ4n) is 1.50. The molecule has 0 saturated carbocycles. The van der Waals surface area contributed by atoms with Crippen molar-refractivity contribution in [2.24, 2.45) is 0 Å². The Kier molecular flexibility index (Phi) is 6.07. The van der Waals surface area contributed by atoms with Crippen molar-refractivity contribution in [3.8, 4) is 0 Å². The monoisotopic (exact) mass is 369 g/mol. The van der Waals surface area contributed by atoms with E-state index in [2.05, 4.69) is 21.2 Å². The maximum absolute atomic E-state index is 12.7. The fourth-order valence-corrected chi connectivity index (χ4v) is 1.99. The fraction of sp³-hybridized carbons (Fsp3) is 0.571. The number of hydrogen-bond acceptors (Lipinski definition) is 3. The van der Waals surface area contributed by atoms with Gasteiger partial charge in [0.15, 0.2) is 0 Å². The molecule has 7 heteroatoms. The minimum Gasteiger partial charge on any atom is -0.389 e. The number of nitrogens with one attached hydrogen (secondary N) is 1. The smallest absolute Gasteiger partial charge is 0.389 e. The molecule has 0 aromatic heterocycles. The molecule has 0 aliphatic heterocycles. The van der Waals surface area contributed by atoms with E-state index in [1.54, 1.807) is 0 Å². The van der Waals surface area contributed by atoms with Crippen molar-refractivity contribution >= 4 is 21.6 Å². The molecule has 2 N–H and O–H groups in total. The highest BCUT2D eigenvalue weighted by Crippen LogP contribution is 2.33. The molecule has 1 unspecified atom stereocenters. The van der Waals surface area contributed by atoms with Gasteiger partial charge in [-0.1, -0.05) is 15.9 Å². The zero-order chi connectivity index (χ0) is 16.3. The number of rotatable bonds is 5. The van der Waals surface area contributed by atoms with Gasteiger partial charge in [-0.3, -0.25) is 0 Å². The first-order valence-corrected chi connectivity index (χ1v) is 7.20. The van der Waals surface area contributed by atoms with E-state index in [9.17, 15) is 18.3 Å². The summed E-state index contributed by atoms with van der Waals surface area (Å²) >= 11 is 3.04. The van der Waals surface area contributed by atoms with Crippen LogP contribution in [0.3, 0.4) is 0 Å². The second-order valence-electron chi connectivity index (χ2n) is 5.68. The molecule has 0 radical (unpaired) electrons. The van der Waals surface area contributed by atoms with Gasteiger partial charge in [-0.05, 0) is 39.0 Å². The topological polar surface area (TPSA) is 41.5 Å². The molecular weight excluding hydrogens is 351 g/mol. The molecule has 21 heavy (non-hydrogen) atoms. The van der Waals surface area contributed by atoms with Gasteiger partial charge in [-0.2, -0.15) is 13.2 Å². The van der Waals surface area contributed by atoms with Crippen LogP contribution in [0.25, 0.3) is 0 Å².